The Morgan fingerprint density at radius 2 is 1.43 bits per heavy atom. The Kier molecular flexibility index (Phi) is 4.30. The molecule has 0 radical (unpaired) electrons. The number of aromatic nitrogens is 3. The minimum absolute atomic E-state index is 0.196. The Balaban J connectivity index is 1.46. The molecule has 10 rings (SSSR count). The van der Waals surface area contributed by atoms with E-state index in [4.69, 9.17) is 4.98 Å². The summed E-state index contributed by atoms with van der Waals surface area (Å²) < 4.78 is 5.11. The molecule has 200 valence electrons. The first-order valence-corrected chi connectivity index (χ1v) is 15.4. The summed E-state index contributed by atoms with van der Waals surface area (Å²) in [6.07, 6.45) is 4.82. The van der Waals surface area contributed by atoms with Crippen molar-refractivity contribution < 1.29 is 0 Å². The number of nitrogens with zero attached hydrogens (tertiary/aromatic N) is 3. The Bertz CT molecular complexity index is 2330. The van der Waals surface area contributed by atoms with Crippen molar-refractivity contribution in [1.29, 1.82) is 0 Å². The molecule has 0 atom stereocenters. The second kappa shape index (κ2) is 7.83. The predicted molar refractivity (Wildman–Crippen MR) is 176 cm³/mol. The SMILES string of the molecule is Cc1cc2c3c(c1)-n1c4ccccc4c4cccc(c41)B3c1c3c(cc4nc(-c5c(C)cccc5C)n-2c14)CCCC3. The van der Waals surface area contributed by atoms with E-state index in [1.807, 2.05) is 0 Å². The van der Waals surface area contributed by atoms with Crippen molar-refractivity contribution in [2.75, 3.05) is 0 Å². The summed E-state index contributed by atoms with van der Waals surface area (Å²) in [7, 11) is 0. The van der Waals surface area contributed by atoms with Gasteiger partial charge in [0, 0.05) is 33.2 Å². The van der Waals surface area contributed by atoms with Crippen molar-refractivity contribution >= 4 is 55.9 Å². The van der Waals surface area contributed by atoms with Gasteiger partial charge in [0.25, 0.3) is 6.71 Å². The highest BCUT2D eigenvalue weighted by Crippen LogP contribution is 2.40. The van der Waals surface area contributed by atoms with Gasteiger partial charge in [-0.1, -0.05) is 54.6 Å². The average Bonchev–Trinajstić information content (AvgIpc) is 3.54. The van der Waals surface area contributed by atoms with E-state index in [1.54, 1.807) is 5.56 Å². The molecule has 0 bridgehead atoms. The summed E-state index contributed by atoms with van der Waals surface area (Å²) in [5.41, 5.74) is 20.3. The number of benzene rings is 5. The largest absolute Gasteiger partial charge is 0.310 e. The maximum Gasteiger partial charge on any atom is 0.252 e. The normalized spacial score (nSPS) is 14.6. The maximum atomic E-state index is 5.52. The fourth-order valence-corrected chi connectivity index (χ4v) is 8.79. The second-order valence-corrected chi connectivity index (χ2v) is 12.8. The van der Waals surface area contributed by atoms with Gasteiger partial charge in [0.15, 0.2) is 0 Å². The number of hydrogen-bond donors (Lipinski definition) is 0. The Morgan fingerprint density at radius 3 is 2.29 bits per heavy atom. The van der Waals surface area contributed by atoms with Gasteiger partial charge in [-0.05, 0) is 115 Å². The highest BCUT2D eigenvalue weighted by Gasteiger charge is 2.43. The summed E-state index contributed by atoms with van der Waals surface area (Å²) in [5.74, 6) is 1.08. The number of para-hydroxylation sites is 2. The van der Waals surface area contributed by atoms with Crippen LogP contribution in [0.15, 0.2) is 78.9 Å². The lowest BCUT2D eigenvalue weighted by molar-refractivity contribution is 0.689. The minimum atomic E-state index is 0.196. The van der Waals surface area contributed by atoms with Crippen molar-refractivity contribution in [1.82, 2.24) is 14.1 Å². The van der Waals surface area contributed by atoms with Crippen LogP contribution in [0, 0.1) is 20.8 Å². The fraction of sp³-hybridized carbons (Fsp3) is 0.184. The molecule has 4 heteroatoms. The number of aryl methyl sites for hydroxylation is 4. The van der Waals surface area contributed by atoms with Crippen LogP contribution < -0.4 is 16.4 Å². The average molecular weight is 539 g/mol. The molecule has 0 saturated heterocycles. The summed E-state index contributed by atoms with van der Waals surface area (Å²) in [6, 6.07) is 29.9. The first-order valence-electron chi connectivity index (χ1n) is 15.4. The van der Waals surface area contributed by atoms with Gasteiger partial charge in [0.2, 0.25) is 0 Å². The molecule has 0 N–H and O–H groups in total. The minimum Gasteiger partial charge on any atom is -0.310 e. The van der Waals surface area contributed by atoms with Crippen molar-refractivity contribution in [2.24, 2.45) is 0 Å². The molecule has 7 aromatic rings. The maximum absolute atomic E-state index is 5.52. The van der Waals surface area contributed by atoms with Crippen molar-refractivity contribution in [3.8, 4) is 22.8 Å². The first kappa shape index (κ1) is 23.0. The highest BCUT2D eigenvalue weighted by atomic mass is 15.1. The standard InChI is InChI=1S/C38H30BN3/c1-21-18-31-35-32(19-21)42-37-29(40-38(42)33-22(2)10-8-11-23(33)3)20-24-12-4-5-13-25(24)34(37)39(35)28-16-9-15-27-26-14-6-7-17-30(26)41(31)36(27)28/h6-11,14-20H,4-5,12-13H2,1-3H3. The molecule has 42 heavy (non-hydrogen) atoms. The third kappa shape index (κ3) is 2.67. The molecule has 0 fully saturated rings. The monoisotopic (exact) mass is 539 g/mol. The van der Waals surface area contributed by atoms with Crippen molar-refractivity contribution in [2.45, 2.75) is 46.5 Å². The summed E-state index contributed by atoms with van der Waals surface area (Å²) in [4.78, 5) is 5.52. The summed E-state index contributed by atoms with van der Waals surface area (Å²) in [6.45, 7) is 6.92. The molecule has 1 aliphatic carbocycles. The number of hydrogen-bond acceptors (Lipinski definition) is 1. The van der Waals surface area contributed by atoms with Crippen LogP contribution in [-0.4, -0.2) is 20.8 Å². The van der Waals surface area contributed by atoms with E-state index in [9.17, 15) is 0 Å². The fourth-order valence-electron chi connectivity index (χ4n) is 8.79. The topological polar surface area (TPSA) is 22.8 Å². The van der Waals surface area contributed by atoms with Gasteiger partial charge in [0.05, 0.1) is 16.6 Å². The molecule has 0 spiro atoms. The van der Waals surface area contributed by atoms with Crippen LogP contribution in [0.3, 0.4) is 0 Å². The van der Waals surface area contributed by atoms with Gasteiger partial charge >= 0.3 is 0 Å². The van der Waals surface area contributed by atoms with E-state index >= 15 is 0 Å². The zero-order valence-electron chi connectivity index (χ0n) is 24.3. The Labute approximate surface area is 245 Å². The summed E-state index contributed by atoms with van der Waals surface area (Å²) in [5, 5.41) is 2.69. The van der Waals surface area contributed by atoms with Crippen LogP contribution in [0.2, 0.25) is 0 Å². The second-order valence-electron chi connectivity index (χ2n) is 12.8. The molecule has 5 aromatic carbocycles. The Morgan fingerprint density at radius 1 is 0.690 bits per heavy atom. The van der Waals surface area contributed by atoms with Crippen LogP contribution >= 0.6 is 0 Å². The first-order chi connectivity index (χ1) is 20.6. The van der Waals surface area contributed by atoms with Gasteiger partial charge in [-0.15, -0.1) is 0 Å². The lowest BCUT2D eigenvalue weighted by atomic mass is 9.33. The number of rotatable bonds is 1. The van der Waals surface area contributed by atoms with E-state index in [2.05, 4.69) is 109 Å². The van der Waals surface area contributed by atoms with Crippen LogP contribution in [0.5, 0.6) is 0 Å². The number of imidazole rings is 1. The molecule has 3 aliphatic rings. The zero-order chi connectivity index (χ0) is 27.9. The van der Waals surface area contributed by atoms with E-state index in [1.165, 1.54) is 95.7 Å². The molecule has 0 unspecified atom stereocenters. The molecular formula is C38H30BN3. The Hall–Kier alpha value is -4.57. The van der Waals surface area contributed by atoms with E-state index in [-0.39, 0.29) is 6.71 Å². The molecule has 2 aliphatic heterocycles. The predicted octanol–water partition coefficient (Wildman–Crippen LogP) is 6.74. The van der Waals surface area contributed by atoms with Gasteiger partial charge < -0.3 is 4.57 Å². The van der Waals surface area contributed by atoms with Gasteiger partial charge in [0.1, 0.15) is 5.82 Å². The van der Waals surface area contributed by atoms with Crippen LogP contribution in [0.4, 0.5) is 0 Å². The molecule has 2 aromatic heterocycles. The van der Waals surface area contributed by atoms with Crippen LogP contribution in [0.25, 0.3) is 55.6 Å². The molecule has 3 nitrogen and oxygen atoms in total. The quantitative estimate of drug-likeness (QED) is 0.212. The molecule has 0 amide bonds. The third-order valence-electron chi connectivity index (χ3n) is 10.4. The zero-order valence-corrected chi connectivity index (χ0v) is 24.3. The number of fused-ring (bicyclic) bond motifs is 9. The van der Waals surface area contributed by atoms with Crippen LogP contribution in [-0.2, 0) is 12.8 Å². The van der Waals surface area contributed by atoms with Crippen LogP contribution in [0.1, 0.15) is 40.7 Å². The highest BCUT2D eigenvalue weighted by molar-refractivity contribution is 7.00. The summed E-state index contributed by atoms with van der Waals surface area (Å²) >= 11 is 0. The van der Waals surface area contributed by atoms with E-state index in [0.29, 0.717) is 0 Å². The van der Waals surface area contributed by atoms with E-state index < -0.39 is 0 Å². The smallest absolute Gasteiger partial charge is 0.252 e. The molecular weight excluding hydrogens is 509 g/mol. The molecule has 0 saturated carbocycles. The van der Waals surface area contributed by atoms with Gasteiger partial charge in [-0.25, -0.2) is 4.98 Å². The lowest BCUT2D eigenvalue weighted by Gasteiger charge is -2.36. The van der Waals surface area contributed by atoms with Gasteiger partial charge in [-0.3, -0.25) is 4.57 Å². The molecule has 4 heterocycles. The van der Waals surface area contributed by atoms with Crippen molar-refractivity contribution in [3.63, 3.8) is 0 Å². The lowest BCUT2D eigenvalue weighted by Crippen LogP contribution is -2.60. The van der Waals surface area contributed by atoms with Gasteiger partial charge in [-0.2, -0.15) is 0 Å². The van der Waals surface area contributed by atoms with E-state index in [0.717, 1.165) is 24.2 Å². The third-order valence-corrected chi connectivity index (χ3v) is 10.4. The van der Waals surface area contributed by atoms with Crippen molar-refractivity contribution in [3.05, 3.63) is 107 Å².